The predicted octanol–water partition coefficient (Wildman–Crippen LogP) is 2.31. The van der Waals surface area contributed by atoms with Crippen molar-refractivity contribution in [3.05, 3.63) is 23.2 Å². The molecule has 1 aliphatic carbocycles. The third kappa shape index (κ3) is 3.87. The average Bonchev–Trinajstić information content (AvgIpc) is 2.44. The van der Waals surface area contributed by atoms with Crippen LogP contribution in [-0.4, -0.2) is 17.9 Å². The minimum absolute atomic E-state index is 0.108. The summed E-state index contributed by atoms with van der Waals surface area (Å²) in [6.07, 6.45) is 5.27. The molecule has 1 saturated carbocycles. The van der Waals surface area contributed by atoms with E-state index in [-0.39, 0.29) is 6.04 Å². The maximum absolute atomic E-state index is 11.8. The van der Waals surface area contributed by atoms with Crippen molar-refractivity contribution in [3.8, 4) is 0 Å². The van der Waals surface area contributed by atoms with Crippen LogP contribution in [-0.2, 0) is 9.59 Å². The van der Waals surface area contributed by atoms with E-state index >= 15 is 0 Å². The highest BCUT2D eigenvalue weighted by molar-refractivity contribution is 6.40. The number of hydrogen-bond acceptors (Lipinski definition) is 3. The van der Waals surface area contributed by atoms with Crippen molar-refractivity contribution in [2.45, 2.75) is 38.1 Å². The molecule has 4 N–H and O–H groups in total. The Kier molecular flexibility index (Phi) is 4.84. The summed E-state index contributed by atoms with van der Waals surface area (Å²) in [5.41, 5.74) is 6.46. The number of anilines is 2. The fourth-order valence-corrected chi connectivity index (χ4v) is 2.47. The van der Waals surface area contributed by atoms with Crippen LogP contribution in [0.15, 0.2) is 18.2 Å². The Morgan fingerprint density at radius 3 is 2.50 bits per heavy atom. The van der Waals surface area contributed by atoms with Gasteiger partial charge in [-0.3, -0.25) is 9.59 Å². The van der Waals surface area contributed by atoms with E-state index in [0.717, 1.165) is 25.7 Å². The molecule has 5 nitrogen and oxygen atoms in total. The highest BCUT2D eigenvalue weighted by Gasteiger charge is 2.20. The summed E-state index contributed by atoms with van der Waals surface area (Å²) in [5.74, 6) is -1.29. The molecular weight excluding hydrogens is 278 g/mol. The molecule has 2 rings (SSSR count). The summed E-state index contributed by atoms with van der Waals surface area (Å²) < 4.78 is 0. The number of rotatable bonds is 2. The molecule has 108 valence electrons. The van der Waals surface area contributed by atoms with Gasteiger partial charge in [0.25, 0.3) is 0 Å². The highest BCUT2D eigenvalue weighted by atomic mass is 35.5. The number of carbonyl (C=O) groups is 2. The van der Waals surface area contributed by atoms with Crippen LogP contribution in [0.5, 0.6) is 0 Å². The van der Waals surface area contributed by atoms with Crippen molar-refractivity contribution in [2.24, 2.45) is 0 Å². The monoisotopic (exact) mass is 295 g/mol. The second kappa shape index (κ2) is 6.61. The van der Waals surface area contributed by atoms with E-state index in [1.165, 1.54) is 12.5 Å². The highest BCUT2D eigenvalue weighted by Crippen LogP contribution is 2.22. The fraction of sp³-hybridized carbons (Fsp3) is 0.429. The lowest BCUT2D eigenvalue weighted by Crippen LogP contribution is -2.42. The first-order valence-electron chi connectivity index (χ1n) is 6.73. The van der Waals surface area contributed by atoms with Gasteiger partial charge in [0.05, 0.1) is 10.7 Å². The van der Waals surface area contributed by atoms with Gasteiger partial charge in [-0.2, -0.15) is 0 Å². The standard InChI is InChI=1S/C14H18ClN3O2/c15-11-8-10(6-7-12(11)16)18-14(20)13(19)17-9-4-2-1-3-5-9/h6-9H,1-5,16H2,(H,17,19)(H,18,20). The van der Waals surface area contributed by atoms with Crippen molar-refractivity contribution in [1.29, 1.82) is 0 Å². The second-order valence-corrected chi connectivity index (χ2v) is 5.41. The zero-order valence-corrected chi connectivity index (χ0v) is 11.9. The Hall–Kier alpha value is -1.75. The van der Waals surface area contributed by atoms with Crippen LogP contribution in [0.3, 0.4) is 0 Å². The Morgan fingerprint density at radius 2 is 1.85 bits per heavy atom. The quantitative estimate of drug-likeness (QED) is 0.578. The number of nitrogen functional groups attached to an aromatic ring is 1. The Bertz CT molecular complexity index is 513. The molecule has 1 aromatic rings. The fourth-order valence-electron chi connectivity index (χ4n) is 2.29. The number of benzene rings is 1. The molecule has 0 radical (unpaired) electrons. The van der Waals surface area contributed by atoms with Crippen molar-refractivity contribution in [2.75, 3.05) is 11.1 Å². The molecule has 1 fully saturated rings. The third-order valence-electron chi connectivity index (χ3n) is 3.40. The van der Waals surface area contributed by atoms with Crippen molar-refractivity contribution in [3.63, 3.8) is 0 Å². The van der Waals surface area contributed by atoms with E-state index in [1.54, 1.807) is 12.1 Å². The van der Waals surface area contributed by atoms with Gasteiger partial charge >= 0.3 is 11.8 Å². The van der Waals surface area contributed by atoms with Crippen LogP contribution in [0, 0.1) is 0 Å². The van der Waals surface area contributed by atoms with E-state index in [2.05, 4.69) is 10.6 Å². The molecular formula is C14H18ClN3O2. The minimum Gasteiger partial charge on any atom is -0.398 e. The first-order chi connectivity index (χ1) is 9.56. The van der Waals surface area contributed by atoms with Crippen LogP contribution in [0.1, 0.15) is 32.1 Å². The molecule has 0 atom stereocenters. The Labute approximate surface area is 122 Å². The first-order valence-corrected chi connectivity index (χ1v) is 7.11. The van der Waals surface area contributed by atoms with Gasteiger partial charge in [0.15, 0.2) is 0 Å². The number of nitrogens with two attached hydrogens (primary N) is 1. The maximum atomic E-state index is 11.8. The summed E-state index contributed by atoms with van der Waals surface area (Å²) in [5, 5.41) is 5.61. The predicted molar refractivity (Wildman–Crippen MR) is 79.5 cm³/mol. The largest absolute Gasteiger partial charge is 0.398 e. The molecule has 0 saturated heterocycles. The first kappa shape index (κ1) is 14.7. The van der Waals surface area contributed by atoms with Crippen LogP contribution < -0.4 is 16.4 Å². The zero-order valence-electron chi connectivity index (χ0n) is 11.1. The summed E-state index contributed by atoms with van der Waals surface area (Å²) in [6, 6.07) is 4.81. The van der Waals surface area contributed by atoms with E-state index in [1.807, 2.05) is 0 Å². The van der Waals surface area contributed by atoms with E-state index in [9.17, 15) is 9.59 Å². The molecule has 0 aliphatic heterocycles. The third-order valence-corrected chi connectivity index (χ3v) is 3.73. The molecule has 2 amide bonds. The second-order valence-electron chi connectivity index (χ2n) is 5.00. The molecule has 6 heteroatoms. The molecule has 1 aromatic carbocycles. The number of carbonyl (C=O) groups excluding carboxylic acids is 2. The van der Waals surface area contributed by atoms with Crippen molar-refractivity contribution in [1.82, 2.24) is 5.32 Å². The lowest BCUT2D eigenvalue weighted by atomic mass is 9.95. The Balaban J connectivity index is 1.89. The molecule has 20 heavy (non-hydrogen) atoms. The summed E-state index contributed by atoms with van der Waals surface area (Å²) >= 11 is 5.86. The van der Waals surface area contributed by atoms with Gasteiger partial charge in [0.1, 0.15) is 0 Å². The van der Waals surface area contributed by atoms with Crippen molar-refractivity contribution < 1.29 is 9.59 Å². The topological polar surface area (TPSA) is 84.2 Å². The molecule has 1 aliphatic rings. The molecule has 0 unspecified atom stereocenters. The summed E-state index contributed by atoms with van der Waals surface area (Å²) in [4.78, 5) is 23.6. The number of nitrogens with one attached hydrogen (secondary N) is 2. The van der Waals surface area contributed by atoms with Crippen LogP contribution >= 0.6 is 11.6 Å². The van der Waals surface area contributed by atoms with Gasteiger partial charge in [-0.25, -0.2) is 0 Å². The van der Waals surface area contributed by atoms with Gasteiger partial charge in [0.2, 0.25) is 0 Å². The normalized spacial score (nSPS) is 15.7. The lowest BCUT2D eigenvalue weighted by Gasteiger charge is -2.22. The van der Waals surface area contributed by atoms with E-state index < -0.39 is 11.8 Å². The summed E-state index contributed by atoms with van der Waals surface area (Å²) in [6.45, 7) is 0. The summed E-state index contributed by atoms with van der Waals surface area (Å²) in [7, 11) is 0. The van der Waals surface area contributed by atoms with E-state index in [0.29, 0.717) is 16.4 Å². The van der Waals surface area contributed by atoms with Gasteiger partial charge in [-0.1, -0.05) is 30.9 Å². The van der Waals surface area contributed by atoms with Gasteiger partial charge in [-0.15, -0.1) is 0 Å². The number of amides is 2. The van der Waals surface area contributed by atoms with Crippen molar-refractivity contribution >= 4 is 34.8 Å². The zero-order chi connectivity index (χ0) is 14.5. The Morgan fingerprint density at radius 1 is 1.15 bits per heavy atom. The number of hydrogen-bond donors (Lipinski definition) is 3. The SMILES string of the molecule is Nc1ccc(NC(=O)C(=O)NC2CCCCC2)cc1Cl. The maximum Gasteiger partial charge on any atom is 0.313 e. The van der Waals surface area contributed by atoms with Gasteiger partial charge in [0, 0.05) is 11.7 Å². The smallest absolute Gasteiger partial charge is 0.313 e. The molecule has 0 spiro atoms. The van der Waals surface area contributed by atoms with E-state index in [4.69, 9.17) is 17.3 Å². The minimum atomic E-state index is -0.684. The molecule has 0 bridgehead atoms. The molecule has 0 heterocycles. The van der Waals surface area contributed by atoms with Crippen LogP contribution in [0.2, 0.25) is 5.02 Å². The van der Waals surface area contributed by atoms with Gasteiger partial charge < -0.3 is 16.4 Å². The van der Waals surface area contributed by atoms with Crippen LogP contribution in [0.25, 0.3) is 0 Å². The average molecular weight is 296 g/mol. The number of halogens is 1. The van der Waals surface area contributed by atoms with Gasteiger partial charge in [-0.05, 0) is 31.0 Å². The molecule has 0 aromatic heterocycles. The lowest BCUT2D eigenvalue weighted by molar-refractivity contribution is -0.136. The van der Waals surface area contributed by atoms with Crippen LogP contribution in [0.4, 0.5) is 11.4 Å².